The summed E-state index contributed by atoms with van der Waals surface area (Å²) in [5.41, 5.74) is 0.716. The van der Waals surface area contributed by atoms with Gasteiger partial charge in [0.2, 0.25) is 20.0 Å². The summed E-state index contributed by atoms with van der Waals surface area (Å²) in [6.07, 6.45) is 3.84. The molecule has 1 heterocycles. The third-order valence-corrected chi connectivity index (χ3v) is 10.00. The monoisotopic (exact) mass is 461 g/mol. The molecule has 1 saturated heterocycles. The SMILES string of the molecule is CC(C)(C)S(=O)(=O)NC1CCC(CNc2ccc(N3CCCS3(=O)=O)c(F)c2)CC1. The molecule has 0 atom stereocenters. The molecule has 0 bridgehead atoms. The van der Waals surface area contributed by atoms with Crippen LogP contribution in [0.1, 0.15) is 52.9 Å². The molecule has 3 rings (SSSR count). The molecule has 30 heavy (non-hydrogen) atoms. The number of halogens is 1. The predicted octanol–water partition coefficient (Wildman–Crippen LogP) is 3.05. The first-order chi connectivity index (χ1) is 13.9. The van der Waals surface area contributed by atoms with Gasteiger partial charge in [-0.05, 0) is 77.0 Å². The molecule has 170 valence electrons. The van der Waals surface area contributed by atoms with Crippen LogP contribution in [0.4, 0.5) is 15.8 Å². The second-order valence-electron chi connectivity index (χ2n) is 9.24. The number of anilines is 2. The Labute approximate surface area is 179 Å². The van der Waals surface area contributed by atoms with Crippen LogP contribution in [-0.2, 0) is 20.0 Å². The van der Waals surface area contributed by atoms with Crippen LogP contribution in [0, 0.1) is 11.7 Å². The normalized spacial score (nSPS) is 24.7. The van der Waals surface area contributed by atoms with Gasteiger partial charge in [-0.2, -0.15) is 0 Å². The Bertz CT molecular complexity index is 966. The number of nitrogens with zero attached hydrogens (tertiary/aromatic N) is 1. The summed E-state index contributed by atoms with van der Waals surface area (Å²) in [7, 11) is -6.76. The maximum atomic E-state index is 14.5. The highest BCUT2D eigenvalue weighted by Crippen LogP contribution is 2.30. The number of hydrogen-bond acceptors (Lipinski definition) is 5. The van der Waals surface area contributed by atoms with Crippen LogP contribution in [-0.4, -0.2) is 46.5 Å². The van der Waals surface area contributed by atoms with E-state index in [0.717, 1.165) is 30.0 Å². The van der Waals surface area contributed by atoms with Gasteiger partial charge in [0.25, 0.3) is 0 Å². The van der Waals surface area contributed by atoms with Crippen LogP contribution in [0.3, 0.4) is 0 Å². The molecule has 10 heteroatoms. The van der Waals surface area contributed by atoms with Gasteiger partial charge in [-0.1, -0.05) is 0 Å². The van der Waals surface area contributed by atoms with Gasteiger partial charge in [0.05, 0.1) is 16.2 Å². The van der Waals surface area contributed by atoms with E-state index >= 15 is 0 Å². The fraction of sp³-hybridized carbons (Fsp3) is 0.700. The first kappa shape index (κ1) is 23.3. The first-order valence-corrected chi connectivity index (χ1v) is 13.5. The third kappa shape index (κ3) is 5.26. The molecule has 0 spiro atoms. The van der Waals surface area contributed by atoms with Crippen molar-refractivity contribution < 1.29 is 21.2 Å². The smallest absolute Gasteiger partial charge is 0.235 e. The van der Waals surface area contributed by atoms with Gasteiger partial charge in [-0.25, -0.2) is 25.9 Å². The van der Waals surface area contributed by atoms with Crippen molar-refractivity contribution in [3.8, 4) is 0 Å². The maximum absolute atomic E-state index is 14.5. The van der Waals surface area contributed by atoms with Crippen molar-refractivity contribution in [3.05, 3.63) is 24.0 Å². The lowest BCUT2D eigenvalue weighted by Crippen LogP contribution is -2.46. The molecule has 2 aliphatic rings. The summed E-state index contributed by atoms with van der Waals surface area (Å²) in [5, 5.41) is 3.23. The zero-order valence-electron chi connectivity index (χ0n) is 17.8. The number of nitrogens with one attached hydrogen (secondary N) is 2. The van der Waals surface area contributed by atoms with Crippen LogP contribution in [0.15, 0.2) is 18.2 Å². The molecule has 0 aromatic heterocycles. The Morgan fingerprint density at radius 1 is 1.17 bits per heavy atom. The molecule has 7 nitrogen and oxygen atoms in total. The Balaban J connectivity index is 1.51. The van der Waals surface area contributed by atoms with E-state index in [9.17, 15) is 21.2 Å². The first-order valence-electron chi connectivity index (χ1n) is 10.4. The average Bonchev–Trinajstić information content (AvgIpc) is 2.99. The van der Waals surface area contributed by atoms with E-state index in [1.807, 2.05) is 0 Å². The highest BCUT2D eigenvalue weighted by atomic mass is 32.2. The summed E-state index contributed by atoms with van der Waals surface area (Å²) >= 11 is 0. The van der Waals surface area contributed by atoms with Crippen molar-refractivity contribution in [2.75, 3.05) is 28.5 Å². The molecule has 0 amide bonds. The van der Waals surface area contributed by atoms with Crippen molar-refractivity contribution in [2.45, 2.75) is 63.7 Å². The molecule has 1 aromatic rings. The van der Waals surface area contributed by atoms with Gasteiger partial charge in [0.1, 0.15) is 5.82 Å². The van der Waals surface area contributed by atoms with Crippen molar-refractivity contribution >= 4 is 31.4 Å². The van der Waals surface area contributed by atoms with Crippen LogP contribution in [0.25, 0.3) is 0 Å². The van der Waals surface area contributed by atoms with Crippen LogP contribution < -0.4 is 14.3 Å². The molecular formula is C20H32FN3O4S2. The Hall–Kier alpha value is -1.39. The number of rotatable bonds is 6. The number of benzene rings is 1. The van der Waals surface area contributed by atoms with Gasteiger partial charge >= 0.3 is 0 Å². The number of hydrogen-bond donors (Lipinski definition) is 2. The number of sulfonamides is 2. The fourth-order valence-electron chi connectivity index (χ4n) is 3.87. The van der Waals surface area contributed by atoms with Crippen LogP contribution >= 0.6 is 0 Å². The lowest BCUT2D eigenvalue weighted by molar-refractivity contribution is 0.322. The maximum Gasteiger partial charge on any atom is 0.235 e. The van der Waals surface area contributed by atoms with E-state index in [1.165, 1.54) is 12.1 Å². The van der Waals surface area contributed by atoms with Gasteiger partial charge in [0.15, 0.2) is 0 Å². The van der Waals surface area contributed by atoms with Crippen LogP contribution in [0.5, 0.6) is 0 Å². The van der Waals surface area contributed by atoms with Crippen LogP contribution in [0.2, 0.25) is 0 Å². The summed E-state index contributed by atoms with van der Waals surface area (Å²) in [5.74, 6) is -0.117. The predicted molar refractivity (Wildman–Crippen MR) is 118 cm³/mol. The zero-order chi connectivity index (χ0) is 22.2. The lowest BCUT2D eigenvalue weighted by atomic mass is 9.86. The quantitative estimate of drug-likeness (QED) is 0.679. The van der Waals surface area contributed by atoms with E-state index in [0.29, 0.717) is 31.1 Å². The largest absolute Gasteiger partial charge is 0.385 e. The van der Waals surface area contributed by atoms with Crippen molar-refractivity contribution in [3.63, 3.8) is 0 Å². The molecule has 2 fully saturated rings. The summed E-state index contributed by atoms with van der Waals surface area (Å²) < 4.78 is 66.3. The topological polar surface area (TPSA) is 95.6 Å². The van der Waals surface area contributed by atoms with Crippen molar-refractivity contribution in [2.24, 2.45) is 5.92 Å². The molecular weight excluding hydrogens is 429 g/mol. The average molecular weight is 462 g/mol. The molecule has 1 aliphatic carbocycles. The van der Waals surface area contributed by atoms with E-state index in [2.05, 4.69) is 10.0 Å². The zero-order valence-corrected chi connectivity index (χ0v) is 19.5. The molecule has 1 aliphatic heterocycles. The van der Waals surface area contributed by atoms with Crippen molar-refractivity contribution in [1.82, 2.24) is 4.72 Å². The standard InChI is InChI=1S/C20H32FN3O4S2/c1-20(2,3)30(27,28)23-16-7-5-15(6-8-16)14-22-17-9-10-19(18(21)13-17)24-11-4-12-29(24,25)26/h9-10,13,15-16,22-23H,4-8,11-12,14H2,1-3H3. The minimum atomic E-state index is -3.41. The second-order valence-corrected chi connectivity index (χ2v) is 13.7. The Morgan fingerprint density at radius 3 is 2.37 bits per heavy atom. The Morgan fingerprint density at radius 2 is 1.83 bits per heavy atom. The summed E-state index contributed by atoms with van der Waals surface area (Å²) in [4.78, 5) is 0. The van der Waals surface area contributed by atoms with Gasteiger partial charge in [-0.3, -0.25) is 4.31 Å². The third-order valence-electron chi connectivity index (χ3n) is 5.89. The van der Waals surface area contributed by atoms with E-state index in [1.54, 1.807) is 26.8 Å². The Kier molecular flexibility index (Phi) is 6.69. The van der Waals surface area contributed by atoms with E-state index in [-0.39, 0.29) is 17.5 Å². The summed E-state index contributed by atoms with van der Waals surface area (Å²) in [6.45, 7) is 6.05. The molecule has 2 N–H and O–H groups in total. The molecule has 0 radical (unpaired) electrons. The fourth-order valence-corrected chi connectivity index (χ4v) is 6.47. The second kappa shape index (κ2) is 8.63. The van der Waals surface area contributed by atoms with Crippen molar-refractivity contribution in [1.29, 1.82) is 0 Å². The lowest BCUT2D eigenvalue weighted by Gasteiger charge is -2.31. The van der Waals surface area contributed by atoms with Gasteiger partial charge < -0.3 is 5.32 Å². The van der Waals surface area contributed by atoms with Gasteiger partial charge in [-0.15, -0.1) is 0 Å². The minimum Gasteiger partial charge on any atom is -0.385 e. The summed E-state index contributed by atoms with van der Waals surface area (Å²) in [6, 6.07) is 4.52. The highest BCUT2D eigenvalue weighted by Gasteiger charge is 2.33. The van der Waals surface area contributed by atoms with Gasteiger partial charge in [0, 0.05) is 24.8 Å². The van der Waals surface area contributed by atoms with E-state index in [4.69, 9.17) is 0 Å². The van der Waals surface area contributed by atoms with E-state index < -0.39 is 30.6 Å². The molecule has 1 saturated carbocycles. The minimum absolute atomic E-state index is 0.0374. The molecule has 0 unspecified atom stereocenters. The molecule has 1 aromatic carbocycles. The highest BCUT2D eigenvalue weighted by molar-refractivity contribution is 7.93.